The van der Waals surface area contributed by atoms with Crippen LogP contribution < -0.4 is 9.47 Å². The SMILES string of the molecule is COc1cc(Br)c(CN2CCC2(C)C)cc1OC. The monoisotopic (exact) mass is 313 g/mol. The third kappa shape index (κ3) is 2.50. The molecule has 1 heterocycles. The molecule has 0 radical (unpaired) electrons. The number of benzene rings is 1. The Balaban J connectivity index is 2.23. The van der Waals surface area contributed by atoms with Gasteiger partial charge in [-0.25, -0.2) is 0 Å². The van der Waals surface area contributed by atoms with Crippen molar-refractivity contribution < 1.29 is 9.47 Å². The van der Waals surface area contributed by atoms with E-state index in [1.54, 1.807) is 14.2 Å². The first-order valence-corrected chi connectivity index (χ1v) is 6.92. The molecule has 0 saturated carbocycles. The summed E-state index contributed by atoms with van der Waals surface area (Å²) in [4.78, 5) is 2.47. The Morgan fingerprint density at radius 1 is 1.22 bits per heavy atom. The van der Waals surface area contributed by atoms with Crippen LogP contribution in [0.5, 0.6) is 11.5 Å². The topological polar surface area (TPSA) is 21.7 Å². The molecule has 0 aliphatic carbocycles. The van der Waals surface area contributed by atoms with Crippen molar-refractivity contribution in [1.82, 2.24) is 4.90 Å². The lowest BCUT2D eigenvalue weighted by Crippen LogP contribution is -2.54. The molecule has 1 aliphatic rings. The summed E-state index contributed by atoms with van der Waals surface area (Å²) in [5, 5.41) is 0. The molecule has 3 nitrogen and oxygen atoms in total. The normalized spacial score (nSPS) is 18.3. The molecule has 0 spiro atoms. The van der Waals surface area contributed by atoms with Crippen LogP contribution in [0.15, 0.2) is 16.6 Å². The molecule has 1 aromatic carbocycles. The predicted molar refractivity (Wildman–Crippen MR) is 76.4 cm³/mol. The van der Waals surface area contributed by atoms with Gasteiger partial charge in [-0.3, -0.25) is 4.90 Å². The fraction of sp³-hybridized carbons (Fsp3) is 0.571. The number of nitrogens with zero attached hydrogens (tertiary/aromatic N) is 1. The van der Waals surface area contributed by atoms with Crippen LogP contribution in [0.2, 0.25) is 0 Å². The highest BCUT2D eigenvalue weighted by Gasteiger charge is 2.35. The van der Waals surface area contributed by atoms with Crippen molar-refractivity contribution in [2.24, 2.45) is 0 Å². The lowest BCUT2D eigenvalue weighted by Gasteiger charge is -2.48. The van der Waals surface area contributed by atoms with Crippen LogP contribution in [0.25, 0.3) is 0 Å². The van der Waals surface area contributed by atoms with Crippen LogP contribution in [0, 0.1) is 0 Å². The molecule has 0 aromatic heterocycles. The van der Waals surface area contributed by atoms with Crippen molar-refractivity contribution in [2.45, 2.75) is 32.4 Å². The lowest BCUT2D eigenvalue weighted by atomic mass is 9.88. The van der Waals surface area contributed by atoms with Gasteiger partial charge < -0.3 is 9.47 Å². The van der Waals surface area contributed by atoms with E-state index >= 15 is 0 Å². The smallest absolute Gasteiger partial charge is 0.161 e. The van der Waals surface area contributed by atoms with E-state index in [2.05, 4.69) is 40.7 Å². The van der Waals surface area contributed by atoms with Crippen molar-refractivity contribution in [2.75, 3.05) is 20.8 Å². The Morgan fingerprint density at radius 3 is 2.28 bits per heavy atom. The Hall–Kier alpha value is -0.740. The third-order valence-electron chi connectivity index (χ3n) is 3.76. The van der Waals surface area contributed by atoms with Crippen molar-refractivity contribution in [3.05, 3.63) is 22.2 Å². The minimum atomic E-state index is 0.312. The number of ether oxygens (including phenoxy) is 2. The lowest BCUT2D eigenvalue weighted by molar-refractivity contribution is 0.00771. The minimum absolute atomic E-state index is 0.312. The molecule has 2 rings (SSSR count). The Labute approximate surface area is 117 Å². The molecule has 0 N–H and O–H groups in total. The van der Waals surface area contributed by atoms with E-state index in [9.17, 15) is 0 Å². The summed E-state index contributed by atoms with van der Waals surface area (Å²) in [6, 6.07) is 4.03. The van der Waals surface area contributed by atoms with Crippen LogP contribution >= 0.6 is 15.9 Å². The van der Waals surface area contributed by atoms with Gasteiger partial charge in [0.2, 0.25) is 0 Å². The third-order valence-corrected chi connectivity index (χ3v) is 4.50. The number of halogens is 1. The van der Waals surface area contributed by atoms with E-state index in [0.29, 0.717) is 5.54 Å². The molecular formula is C14H20BrNO2. The number of hydrogen-bond acceptors (Lipinski definition) is 3. The van der Waals surface area contributed by atoms with Gasteiger partial charge in [0, 0.05) is 23.1 Å². The second-order valence-corrected chi connectivity index (χ2v) is 6.14. The van der Waals surface area contributed by atoms with Crippen LogP contribution in [-0.2, 0) is 6.54 Å². The molecule has 1 aliphatic heterocycles. The van der Waals surface area contributed by atoms with Gasteiger partial charge in [-0.05, 0) is 38.0 Å². The average molecular weight is 314 g/mol. The number of hydrogen-bond donors (Lipinski definition) is 0. The Bertz CT molecular complexity index is 446. The minimum Gasteiger partial charge on any atom is -0.493 e. The molecule has 1 fully saturated rings. The van der Waals surface area contributed by atoms with Crippen molar-refractivity contribution in [3.8, 4) is 11.5 Å². The zero-order valence-corrected chi connectivity index (χ0v) is 13.0. The van der Waals surface area contributed by atoms with Crippen LogP contribution in [0.3, 0.4) is 0 Å². The molecule has 0 bridgehead atoms. The van der Waals surface area contributed by atoms with E-state index in [1.807, 2.05) is 6.07 Å². The summed E-state index contributed by atoms with van der Waals surface area (Å²) >= 11 is 3.61. The first-order chi connectivity index (χ1) is 8.47. The molecule has 0 atom stereocenters. The fourth-order valence-corrected chi connectivity index (χ4v) is 2.68. The summed E-state index contributed by atoms with van der Waals surface area (Å²) in [7, 11) is 3.33. The first kappa shape index (κ1) is 13.7. The number of likely N-dealkylation sites (tertiary alicyclic amines) is 1. The summed E-state index contributed by atoms with van der Waals surface area (Å²) in [5.41, 5.74) is 1.55. The molecule has 1 aromatic rings. The van der Waals surface area contributed by atoms with Gasteiger partial charge in [-0.1, -0.05) is 15.9 Å². The van der Waals surface area contributed by atoms with Gasteiger partial charge in [0.15, 0.2) is 11.5 Å². The average Bonchev–Trinajstić information content (AvgIpc) is 2.35. The molecule has 100 valence electrons. The zero-order valence-electron chi connectivity index (χ0n) is 11.4. The molecule has 18 heavy (non-hydrogen) atoms. The van der Waals surface area contributed by atoms with Gasteiger partial charge in [-0.2, -0.15) is 0 Å². The van der Waals surface area contributed by atoms with Crippen LogP contribution in [0.1, 0.15) is 25.8 Å². The van der Waals surface area contributed by atoms with E-state index in [-0.39, 0.29) is 0 Å². The second-order valence-electron chi connectivity index (χ2n) is 5.28. The summed E-state index contributed by atoms with van der Waals surface area (Å²) in [6.07, 6.45) is 1.26. The largest absolute Gasteiger partial charge is 0.493 e. The van der Waals surface area contributed by atoms with Gasteiger partial charge in [-0.15, -0.1) is 0 Å². The van der Waals surface area contributed by atoms with Crippen LogP contribution in [-0.4, -0.2) is 31.2 Å². The van der Waals surface area contributed by atoms with E-state index in [0.717, 1.165) is 29.1 Å². The van der Waals surface area contributed by atoms with Crippen molar-refractivity contribution in [1.29, 1.82) is 0 Å². The highest BCUT2D eigenvalue weighted by atomic mass is 79.9. The summed E-state index contributed by atoms with van der Waals surface area (Å²) in [5.74, 6) is 1.55. The maximum atomic E-state index is 5.35. The number of methoxy groups -OCH3 is 2. The second kappa shape index (κ2) is 5.10. The molecule has 1 saturated heterocycles. The quantitative estimate of drug-likeness (QED) is 0.850. The maximum Gasteiger partial charge on any atom is 0.161 e. The Kier molecular flexibility index (Phi) is 3.87. The molecule has 0 unspecified atom stereocenters. The standard InChI is InChI=1S/C14H20BrNO2/c1-14(2)5-6-16(14)9-10-7-12(17-3)13(18-4)8-11(10)15/h7-8H,5-6,9H2,1-4H3. The Morgan fingerprint density at radius 2 is 1.83 bits per heavy atom. The van der Waals surface area contributed by atoms with Gasteiger partial charge in [0.25, 0.3) is 0 Å². The van der Waals surface area contributed by atoms with Crippen molar-refractivity contribution in [3.63, 3.8) is 0 Å². The first-order valence-electron chi connectivity index (χ1n) is 6.13. The van der Waals surface area contributed by atoms with Gasteiger partial charge in [0.05, 0.1) is 14.2 Å². The van der Waals surface area contributed by atoms with Crippen molar-refractivity contribution >= 4 is 15.9 Å². The molecule has 4 heteroatoms. The van der Waals surface area contributed by atoms with E-state index < -0.39 is 0 Å². The highest BCUT2D eigenvalue weighted by molar-refractivity contribution is 9.10. The fourth-order valence-electron chi connectivity index (χ4n) is 2.23. The predicted octanol–water partition coefficient (Wildman–Crippen LogP) is 3.45. The zero-order chi connectivity index (χ0) is 13.3. The number of rotatable bonds is 4. The van der Waals surface area contributed by atoms with Crippen LogP contribution in [0.4, 0.5) is 0 Å². The maximum absolute atomic E-state index is 5.35. The van der Waals surface area contributed by atoms with E-state index in [4.69, 9.17) is 9.47 Å². The van der Waals surface area contributed by atoms with Gasteiger partial charge >= 0.3 is 0 Å². The molecule has 0 amide bonds. The highest BCUT2D eigenvalue weighted by Crippen LogP contribution is 2.37. The molecular weight excluding hydrogens is 294 g/mol. The van der Waals surface area contributed by atoms with E-state index in [1.165, 1.54) is 12.0 Å². The summed E-state index contributed by atoms with van der Waals surface area (Å²) in [6.45, 7) is 6.66. The summed E-state index contributed by atoms with van der Waals surface area (Å²) < 4.78 is 11.7. The van der Waals surface area contributed by atoms with Gasteiger partial charge in [0.1, 0.15) is 0 Å².